The Morgan fingerprint density at radius 3 is 2.43 bits per heavy atom. The van der Waals surface area contributed by atoms with Crippen molar-refractivity contribution in [3.63, 3.8) is 0 Å². The van der Waals surface area contributed by atoms with Crippen LogP contribution in [0.3, 0.4) is 0 Å². The minimum atomic E-state index is -0.824. The number of aryl methyl sites for hydroxylation is 2. The van der Waals surface area contributed by atoms with E-state index in [2.05, 4.69) is 26.6 Å². The molecule has 7 nitrogen and oxygen atoms in total. The summed E-state index contributed by atoms with van der Waals surface area (Å²) in [5.41, 5.74) is 3.58. The lowest BCUT2D eigenvalue weighted by Gasteiger charge is -2.37. The number of para-hydroxylation sites is 1. The number of alkyl halides is 1. The molecule has 2 bridgehead atoms. The van der Waals surface area contributed by atoms with Gasteiger partial charge in [0.1, 0.15) is 6.04 Å². The van der Waals surface area contributed by atoms with Gasteiger partial charge in [0.15, 0.2) is 0 Å². The van der Waals surface area contributed by atoms with Crippen LogP contribution in [0.1, 0.15) is 23.1 Å². The van der Waals surface area contributed by atoms with Gasteiger partial charge in [-0.1, -0.05) is 64.5 Å². The summed E-state index contributed by atoms with van der Waals surface area (Å²) >= 11 is 5.36. The number of thioether (sulfide) groups is 1. The van der Waals surface area contributed by atoms with Crippen molar-refractivity contribution in [2.45, 2.75) is 53.6 Å². The van der Waals surface area contributed by atoms with Gasteiger partial charge in [0.2, 0.25) is 17.7 Å². The molecule has 3 N–H and O–H groups in total. The van der Waals surface area contributed by atoms with Gasteiger partial charge >= 0.3 is 0 Å². The number of halogens is 1. The number of likely N-dealkylation sites (tertiary alicyclic amines) is 1. The van der Waals surface area contributed by atoms with Crippen LogP contribution in [0, 0.1) is 25.7 Å². The predicted molar refractivity (Wildman–Crippen MR) is 149 cm³/mol. The van der Waals surface area contributed by atoms with Crippen molar-refractivity contribution >= 4 is 51.1 Å². The Morgan fingerprint density at radius 1 is 1.14 bits per heavy atom. The van der Waals surface area contributed by atoms with Gasteiger partial charge in [0.25, 0.3) is 0 Å². The molecule has 3 unspecified atom stereocenters. The maximum atomic E-state index is 14.2. The second kappa shape index (κ2) is 10.1. The first-order valence-electron chi connectivity index (χ1n) is 12.6. The molecule has 7 atom stereocenters. The number of hydrogen-bond donors (Lipinski definition) is 3. The van der Waals surface area contributed by atoms with Gasteiger partial charge in [-0.2, -0.15) is 0 Å². The van der Waals surface area contributed by atoms with E-state index in [1.807, 2.05) is 62.4 Å². The number of aliphatic hydroxyl groups excluding tert-OH is 1. The van der Waals surface area contributed by atoms with E-state index in [-0.39, 0.29) is 34.4 Å². The van der Waals surface area contributed by atoms with Gasteiger partial charge in [-0.05, 0) is 43.4 Å². The molecule has 1 spiro atoms. The number of rotatable bonds is 7. The summed E-state index contributed by atoms with van der Waals surface area (Å²) in [6, 6.07) is 14.1. The fourth-order valence-electron chi connectivity index (χ4n) is 6.57. The molecule has 0 aromatic heterocycles. The molecule has 9 heteroatoms. The highest BCUT2D eigenvalue weighted by Gasteiger charge is 2.76. The molecule has 0 radical (unpaired) electrons. The molecule has 196 valence electrons. The number of hydrogen-bond acceptors (Lipinski definition) is 5. The van der Waals surface area contributed by atoms with Gasteiger partial charge in [-0.15, -0.1) is 11.8 Å². The predicted octanol–water partition coefficient (Wildman–Crippen LogP) is 3.06. The Hall–Kier alpha value is -2.36. The number of nitrogens with one attached hydrogen (secondary N) is 2. The summed E-state index contributed by atoms with van der Waals surface area (Å²) in [6.45, 7) is 3.60. The zero-order chi connectivity index (χ0) is 26.5. The summed E-state index contributed by atoms with van der Waals surface area (Å²) in [5, 5.41) is 16.3. The number of amides is 3. The van der Waals surface area contributed by atoms with Crippen molar-refractivity contribution in [1.82, 2.24) is 10.2 Å². The third-order valence-electron chi connectivity index (χ3n) is 8.17. The van der Waals surface area contributed by atoms with E-state index >= 15 is 0 Å². The molecule has 2 aromatic rings. The average Bonchev–Trinajstić information content (AvgIpc) is 3.48. The molecule has 3 aliphatic rings. The Bertz CT molecular complexity index is 1210. The number of carbonyl (C=O) groups excluding carboxylic acids is 3. The maximum Gasteiger partial charge on any atom is 0.248 e. The Morgan fingerprint density at radius 2 is 1.81 bits per heavy atom. The normalized spacial score (nSPS) is 30.8. The third kappa shape index (κ3) is 4.19. The van der Waals surface area contributed by atoms with Crippen molar-refractivity contribution in [3.05, 3.63) is 65.2 Å². The first-order chi connectivity index (χ1) is 17.7. The molecule has 3 aliphatic heterocycles. The van der Waals surface area contributed by atoms with E-state index < -0.39 is 28.7 Å². The second-order valence-electron chi connectivity index (χ2n) is 10.3. The molecular formula is C28H32BrN3O4S. The van der Waals surface area contributed by atoms with Crippen LogP contribution in [0.4, 0.5) is 5.69 Å². The molecule has 3 saturated heterocycles. The van der Waals surface area contributed by atoms with E-state index in [0.717, 1.165) is 22.4 Å². The minimum Gasteiger partial charge on any atom is -0.394 e. The van der Waals surface area contributed by atoms with Crippen LogP contribution < -0.4 is 10.6 Å². The number of aliphatic hydroxyl groups is 1. The average molecular weight is 587 g/mol. The molecule has 5 rings (SSSR count). The standard InChI is InChI=1S/C28H32BrN3O4S/c1-15-8-7-9-16(2)22(15)31-26(35)24-28-13-19(29)23(37-28)20(25(34)30-3)21(28)27(36)32(24)18(14-33)12-17-10-5-4-6-11-17/h4-11,18-21,23-24,33H,12-14H2,1-3H3,(H,30,34)(H,31,35)/t18-,19?,20+,21+,23+,24?,28?/m1/s1. The first kappa shape index (κ1) is 26.3. The molecule has 2 aromatic carbocycles. The van der Waals surface area contributed by atoms with Crippen molar-refractivity contribution in [1.29, 1.82) is 0 Å². The topological polar surface area (TPSA) is 98.7 Å². The second-order valence-corrected chi connectivity index (χ2v) is 13.0. The van der Waals surface area contributed by atoms with E-state index in [1.165, 1.54) is 0 Å². The number of benzene rings is 2. The number of anilines is 1. The summed E-state index contributed by atoms with van der Waals surface area (Å²) in [6.07, 6.45) is 1.01. The Balaban J connectivity index is 1.59. The summed E-state index contributed by atoms with van der Waals surface area (Å²) in [7, 11) is 1.59. The van der Waals surface area contributed by atoms with Crippen LogP contribution in [0.25, 0.3) is 0 Å². The van der Waals surface area contributed by atoms with Gasteiger partial charge in [0, 0.05) is 22.8 Å². The summed E-state index contributed by atoms with van der Waals surface area (Å²) in [5.74, 6) is -1.85. The SMILES string of the molecule is CNC(=O)[C@H]1[C@H]2C(=O)N([C@@H](CO)Cc3ccccc3)C(C(=O)Nc3c(C)cccc3C)C23CC(Br)[C@@H]1S3. The molecule has 3 heterocycles. The van der Waals surface area contributed by atoms with Crippen LogP contribution in [0.2, 0.25) is 0 Å². The summed E-state index contributed by atoms with van der Waals surface area (Å²) in [4.78, 5) is 43.1. The largest absolute Gasteiger partial charge is 0.394 e. The highest BCUT2D eigenvalue weighted by Crippen LogP contribution is 2.68. The van der Waals surface area contributed by atoms with Crippen LogP contribution in [-0.2, 0) is 20.8 Å². The van der Waals surface area contributed by atoms with Crippen LogP contribution in [0.5, 0.6) is 0 Å². The molecule has 0 aliphatic carbocycles. The fourth-order valence-corrected chi connectivity index (χ4v) is 10.2. The van der Waals surface area contributed by atoms with Crippen LogP contribution >= 0.6 is 27.7 Å². The number of carbonyl (C=O) groups is 3. The van der Waals surface area contributed by atoms with E-state index in [1.54, 1.807) is 23.7 Å². The smallest absolute Gasteiger partial charge is 0.248 e. The minimum absolute atomic E-state index is 0.000923. The van der Waals surface area contributed by atoms with Gasteiger partial charge < -0.3 is 20.6 Å². The maximum absolute atomic E-state index is 14.2. The van der Waals surface area contributed by atoms with E-state index in [9.17, 15) is 19.5 Å². The van der Waals surface area contributed by atoms with Crippen molar-refractivity contribution in [2.75, 3.05) is 19.0 Å². The Kier molecular flexibility index (Phi) is 7.15. The monoisotopic (exact) mass is 585 g/mol. The highest BCUT2D eigenvalue weighted by atomic mass is 79.9. The quantitative estimate of drug-likeness (QED) is 0.434. The zero-order valence-electron chi connectivity index (χ0n) is 21.1. The van der Waals surface area contributed by atoms with Gasteiger partial charge in [-0.3, -0.25) is 14.4 Å². The van der Waals surface area contributed by atoms with Crippen LogP contribution in [-0.4, -0.2) is 68.3 Å². The molecule has 3 fully saturated rings. The highest BCUT2D eigenvalue weighted by molar-refractivity contribution is 9.09. The van der Waals surface area contributed by atoms with Crippen molar-refractivity contribution in [3.8, 4) is 0 Å². The number of nitrogens with zero attached hydrogens (tertiary/aromatic N) is 1. The van der Waals surface area contributed by atoms with Crippen LogP contribution in [0.15, 0.2) is 48.5 Å². The number of fused-ring (bicyclic) bond motifs is 1. The Labute approximate surface area is 229 Å². The molecule has 3 amide bonds. The lowest BCUT2D eigenvalue weighted by Crippen LogP contribution is -2.56. The zero-order valence-corrected chi connectivity index (χ0v) is 23.5. The van der Waals surface area contributed by atoms with Gasteiger partial charge in [-0.25, -0.2) is 0 Å². The summed E-state index contributed by atoms with van der Waals surface area (Å²) < 4.78 is -0.766. The lowest BCUT2D eigenvalue weighted by molar-refractivity contribution is -0.141. The molecular weight excluding hydrogens is 554 g/mol. The van der Waals surface area contributed by atoms with E-state index in [4.69, 9.17) is 0 Å². The van der Waals surface area contributed by atoms with Crippen molar-refractivity contribution in [2.24, 2.45) is 11.8 Å². The van der Waals surface area contributed by atoms with Gasteiger partial charge in [0.05, 0.1) is 29.2 Å². The first-order valence-corrected chi connectivity index (χ1v) is 14.4. The molecule has 37 heavy (non-hydrogen) atoms. The third-order valence-corrected chi connectivity index (χ3v) is 11.4. The fraction of sp³-hybridized carbons (Fsp3) is 0.464. The van der Waals surface area contributed by atoms with Crippen molar-refractivity contribution < 1.29 is 19.5 Å². The van der Waals surface area contributed by atoms with E-state index in [0.29, 0.717) is 12.8 Å². The molecule has 0 saturated carbocycles. The lowest BCUT2D eigenvalue weighted by atomic mass is 9.70.